The van der Waals surface area contributed by atoms with Crippen molar-refractivity contribution in [2.24, 2.45) is 0 Å². The van der Waals surface area contributed by atoms with E-state index in [9.17, 15) is 10.2 Å². The molecular formula is C14H22O3. The maximum atomic E-state index is 9.79. The van der Waals surface area contributed by atoms with Crippen molar-refractivity contribution in [3.63, 3.8) is 0 Å². The zero-order chi connectivity index (χ0) is 12.8. The third-order valence-electron chi connectivity index (χ3n) is 3.12. The number of aliphatic hydroxyl groups is 2. The number of ether oxygens (including phenoxy) is 1. The van der Waals surface area contributed by atoms with Crippen LogP contribution >= 0.6 is 0 Å². The molecule has 0 aromatic heterocycles. The summed E-state index contributed by atoms with van der Waals surface area (Å²) < 4.78 is 5.17. The van der Waals surface area contributed by atoms with Crippen molar-refractivity contribution < 1.29 is 14.9 Å². The summed E-state index contributed by atoms with van der Waals surface area (Å²) in [5, 5.41) is 19.3. The van der Waals surface area contributed by atoms with Crippen LogP contribution in [0.1, 0.15) is 38.2 Å². The molecule has 0 bridgehead atoms. The minimum absolute atomic E-state index is 0.196. The Kier molecular flexibility index (Phi) is 5.45. The molecule has 0 amide bonds. The molecule has 17 heavy (non-hydrogen) atoms. The van der Waals surface area contributed by atoms with Gasteiger partial charge in [0.2, 0.25) is 0 Å². The molecule has 0 aliphatic carbocycles. The average Bonchev–Trinajstić information content (AvgIpc) is 2.37. The van der Waals surface area contributed by atoms with Crippen LogP contribution in [-0.2, 0) is 0 Å². The van der Waals surface area contributed by atoms with Gasteiger partial charge in [-0.3, -0.25) is 0 Å². The van der Waals surface area contributed by atoms with Crippen molar-refractivity contribution in [2.45, 2.75) is 44.8 Å². The van der Waals surface area contributed by atoms with Gasteiger partial charge in [0.25, 0.3) is 0 Å². The highest BCUT2D eigenvalue weighted by molar-refractivity contribution is 5.30. The first-order valence-corrected chi connectivity index (χ1v) is 6.08. The Balaban J connectivity index is 2.65. The van der Waals surface area contributed by atoms with Gasteiger partial charge in [0.15, 0.2) is 0 Å². The van der Waals surface area contributed by atoms with Gasteiger partial charge < -0.3 is 14.9 Å². The highest BCUT2D eigenvalue weighted by atomic mass is 16.5. The van der Waals surface area contributed by atoms with E-state index in [1.807, 2.05) is 38.1 Å². The molecule has 0 spiro atoms. The minimum atomic E-state index is -0.666. The normalized spacial score (nSPS) is 16.3. The molecule has 3 atom stereocenters. The quantitative estimate of drug-likeness (QED) is 0.799. The van der Waals surface area contributed by atoms with Gasteiger partial charge in [0, 0.05) is 0 Å². The van der Waals surface area contributed by atoms with Gasteiger partial charge in [-0.05, 0) is 36.5 Å². The second-order valence-corrected chi connectivity index (χ2v) is 4.46. The lowest BCUT2D eigenvalue weighted by molar-refractivity contribution is 0.00953. The molecule has 0 fully saturated rings. The minimum Gasteiger partial charge on any atom is -0.497 e. The first-order chi connectivity index (χ1) is 8.08. The summed E-state index contributed by atoms with van der Waals surface area (Å²) in [5.41, 5.74) is 1.12. The van der Waals surface area contributed by atoms with Crippen LogP contribution in [0.5, 0.6) is 5.75 Å². The van der Waals surface area contributed by atoms with Crippen LogP contribution in [0.15, 0.2) is 24.3 Å². The monoisotopic (exact) mass is 238 g/mol. The van der Waals surface area contributed by atoms with Crippen LogP contribution in [0, 0.1) is 0 Å². The van der Waals surface area contributed by atoms with E-state index in [1.165, 1.54) is 0 Å². The molecule has 0 heterocycles. The zero-order valence-corrected chi connectivity index (χ0v) is 10.8. The molecule has 0 radical (unpaired) electrons. The molecule has 2 N–H and O–H groups in total. The Morgan fingerprint density at radius 1 is 1.24 bits per heavy atom. The number of aliphatic hydroxyl groups excluding tert-OH is 2. The van der Waals surface area contributed by atoms with Crippen LogP contribution in [0.3, 0.4) is 0 Å². The van der Waals surface area contributed by atoms with Gasteiger partial charge in [0.05, 0.1) is 19.3 Å². The van der Waals surface area contributed by atoms with E-state index in [0.717, 1.165) is 11.3 Å². The highest BCUT2D eigenvalue weighted by Gasteiger charge is 2.18. The molecule has 0 saturated carbocycles. The third-order valence-corrected chi connectivity index (χ3v) is 3.12. The van der Waals surface area contributed by atoms with Gasteiger partial charge in [-0.15, -0.1) is 0 Å². The largest absolute Gasteiger partial charge is 0.497 e. The summed E-state index contributed by atoms with van der Waals surface area (Å²) in [5.74, 6) is 1.01. The van der Waals surface area contributed by atoms with E-state index < -0.39 is 12.2 Å². The van der Waals surface area contributed by atoms with Crippen molar-refractivity contribution in [1.82, 2.24) is 0 Å². The molecule has 3 nitrogen and oxygen atoms in total. The Morgan fingerprint density at radius 3 is 2.53 bits per heavy atom. The average molecular weight is 238 g/mol. The number of benzene rings is 1. The number of rotatable bonds is 6. The van der Waals surface area contributed by atoms with E-state index >= 15 is 0 Å². The van der Waals surface area contributed by atoms with Crippen molar-refractivity contribution >= 4 is 0 Å². The molecule has 1 aromatic carbocycles. The zero-order valence-electron chi connectivity index (χ0n) is 10.8. The van der Waals surface area contributed by atoms with Gasteiger partial charge >= 0.3 is 0 Å². The van der Waals surface area contributed by atoms with E-state index in [4.69, 9.17) is 4.74 Å². The second-order valence-electron chi connectivity index (χ2n) is 4.46. The summed E-state index contributed by atoms with van der Waals surface area (Å²) in [6.45, 7) is 3.91. The van der Waals surface area contributed by atoms with Gasteiger partial charge in [-0.25, -0.2) is 0 Å². The summed E-state index contributed by atoms with van der Waals surface area (Å²) >= 11 is 0. The van der Waals surface area contributed by atoms with E-state index in [0.29, 0.717) is 12.8 Å². The van der Waals surface area contributed by atoms with E-state index in [2.05, 4.69) is 0 Å². The predicted octanol–water partition coefficient (Wildman–Crippen LogP) is 2.32. The fourth-order valence-corrected chi connectivity index (χ4v) is 1.88. The highest BCUT2D eigenvalue weighted by Crippen LogP contribution is 2.25. The van der Waals surface area contributed by atoms with Crippen LogP contribution < -0.4 is 4.74 Å². The van der Waals surface area contributed by atoms with Crippen molar-refractivity contribution in [3.8, 4) is 5.75 Å². The number of hydrogen-bond donors (Lipinski definition) is 2. The van der Waals surface area contributed by atoms with E-state index in [1.54, 1.807) is 7.11 Å². The Bertz CT molecular complexity index is 338. The SMILES string of the molecule is CCC(O)C(O)CC(C)c1cccc(OC)c1. The smallest absolute Gasteiger partial charge is 0.119 e. The molecule has 0 aliphatic rings. The summed E-state index contributed by atoms with van der Waals surface area (Å²) in [6, 6.07) is 7.81. The maximum absolute atomic E-state index is 9.79. The van der Waals surface area contributed by atoms with Gasteiger partial charge in [-0.2, -0.15) is 0 Å². The van der Waals surface area contributed by atoms with E-state index in [-0.39, 0.29) is 5.92 Å². The lowest BCUT2D eigenvalue weighted by Crippen LogP contribution is -2.26. The summed E-state index contributed by atoms with van der Waals surface area (Å²) in [4.78, 5) is 0. The first kappa shape index (κ1) is 14.0. The fraction of sp³-hybridized carbons (Fsp3) is 0.571. The maximum Gasteiger partial charge on any atom is 0.119 e. The lowest BCUT2D eigenvalue weighted by Gasteiger charge is -2.20. The van der Waals surface area contributed by atoms with Crippen molar-refractivity contribution in [2.75, 3.05) is 7.11 Å². The van der Waals surface area contributed by atoms with Gasteiger partial charge in [0.1, 0.15) is 5.75 Å². The molecule has 0 saturated heterocycles. The number of methoxy groups -OCH3 is 1. The molecule has 96 valence electrons. The van der Waals surface area contributed by atoms with Crippen LogP contribution in [0.25, 0.3) is 0 Å². The number of hydrogen-bond acceptors (Lipinski definition) is 3. The molecule has 1 rings (SSSR count). The Hall–Kier alpha value is -1.06. The fourth-order valence-electron chi connectivity index (χ4n) is 1.88. The van der Waals surface area contributed by atoms with Crippen LogP contribution in [-0.4, -0.2) is 29.5 Å². The Morgan fingerprint density at radius 2 is 1.94 bits per heavy atom. The molecule has 1 aromatic rings. The summed E-state index contributed by atoms with van der Waals surface area (Å²) in [7, 11) is 1.64. The molecule has 0 aliphatic heterocycles. The van der Waals surface area contributed by atoms with Crippen LogP contribution in [0.2, 0.25) is 0 Å². The van der Waals surface area contributed by atoms with Crippen molar-refractivity contribution in [3.05, 3.63) is 29.8 Å². The molecule has 3 heteroatoms. The topological polar surface area (TPSA) is 49.7 Å². The van der Waals surface area contributed by atoms with Crippen molar-refractivity contribution in [1.29, 1.82) is 0 Å². The predicted molar refractivity (Wildman–Crippen MR) is 68.3 cm³/mol. The third kappa shape index (κ3) is 4.02. The second kappa shape index (κ2) is 6.62. The summed E-state index contributed by atoms with van der Waals surface area (Å²) in [6.07, 6.45) is -0.169. The molecular weight excluding hydrogens is 216 g/mol. The first-order valence-electron chi connectivity index (χ1n) is 6.08. The van der Waals surface area contributed by atoms with Crippen LogP contribution in [0.4, 0.5) is 0 Å². The Labute approximate surface area is 103 Å². The standard InChI is InChI=1S/C14H22O3/c1-4-13(15)14(16)8-10(2)11-6-5-7-12(9-11)17-3/h5-7,9-10,13-16H,4,8H2,1-3H3. The van der Waals surface area contributed by atoms with Gasteiger partial charge in [-0.1, -0.05) is 26.0 Å². The lowest BCUT2D eigenvalue weighted by atomic mass is 9.92. The molecule has 3 unspecified atom stereocenters.